The molecule has 2 aromatic rings. The first-order valence-corrected chi connectivity index (χ1v) is 6.08. The molecule has 0 fully saturated rings. The van der Waals surface area contributed by atoms with Gasteiger partial charge in [-0.2, -0.15) is 5.10 Å². The minimum atomic E-state index is 0.514. The molecule has 0 bridgehead atoms. The lowest BCUT2D eigenvalue weighted by atomic mass is 10.1. The van der Waals surface area contributed by atoms with Gasteiger partial charge in [0.15, 0.2) is 0 Å². The topological polar surface area (TPSA) is 62.3 Å². The first-order valence-electron chi connectivity index (χ1n) is 5.70. The molecule has 0 amide bonds. The molecule has 2 N–H and O–H groups in total. The van der Waals surface area contributed by atoms with Gasteiger partial charge in [-0.15, -0.1) is 0 Å². The maximum absolute atomic E-state index is 6.21. The van der Waals surface area contributed by atoms with Crippen LogP contribution in [0, 0.1) is 6.92 Å². The van der Waals surface area contributed by atoms with E-state index in [1.807, 2.05) is 6.92 Å². The Morgan fingerprint density at radius 1 is 1.21 bits per heavy atom. The lowest BCUT2D eigenvalue weighted by Crippen LogP contribution is -1.98. The van der Waals surface area contributed by atoms with E-state index in [-0.39, 0.29) is 0 Å². The van der Waals surface area contributed by atoms with Gasteiger partial charge in [-0.1, -0.05) is 11.6 Å². The molecule has 0 radical (unpaired) electrons. The monoisotopic (exact) mass is 281 g/mol. The molecule has 0 aliphatic heterocycles. The number of hydrogen-bond acceptors (Lipinski definition) is 4. The predicted molar refractivity (Wildman–Crippen MR) is 75.9 cm³/mol. The molecule has 1 heterocycles. The molecule has 0 saturated carbocycles. The lowest BCUT2D eigenvalue weighted by molar-refractivity contribution is 0.390. The second-order valence-corrected chi connectivity index (χ2v) is 4.58. The van der Waals surface area contributed by atoms with Crippen molar-refractivity contribution in [1.29, 1.82) is 0 Å². The summed E-state index contributed by atoms with van der Waals surface area (Å²) in [5, 5.41) is 4.85. The number of aryl methyl sites for hydroxylation is 1. The van der Waals surface area contributed by atoms with E-state index in [0.717, 1.165) is 11.1 Å². The fraction of sp³-hybridized carbons (Fsp3) is 0.308. The Morgan fingerprint density at radius 3 is 2.32 bits per heavy atom. The van der Waals surface area contributed by atoms with Crippen LogP contribution >= 0.6 is 11.6 Å². The van der Waals surface area contributed by atoms with Gasteiger partial charge in [0.25, 0.3) is 0 Å². The second kappa shape index (κ2) is 5.01. The number of aromatic nitrogens is 2. The number of methoxy groups -OCH3 is 2. The molecule has 0 spiro atoms. The molecule has 0 saturated heterocycles. The van der Waals surface area contributed by atoms with Crippen LogP contribution in [0.15, 0.2) is 12.1 Å². The summed E-state index contributed by atoms with van der Waals surface area (Å²) in [6.07, 6.45) is 0. The summed E-state index contributed by atoms with van der Waals surface area (Å²) in [5.41, 5.74) is 8.14. The molecule has 5 nitrogen and oxygen atoms in total. The first-order chi connectivity index (χ1) is 8.99. The number of nitrogens with two attached hydrogens (primary N) is 1. The van der Waals surface area contributed by atoms with Crippen molar-refractivity contribution in [1.82, 2.24) is 9.78 Å². The summed E-state index contributed by atoms with van der Waals surface area (Å²) in [4.78, 5) is 0. The van der Waals surface area contributed by atoms with Crippen molar-refractivity contribution < 1.29 is 9.47 Å². The highest BCUT2D eigenvalue weighted by Gasteiger charge is 2.18. The zero-order valence-electron chi connectivity index (χ0n) is 11.3. The molecule has 0 atom stereocenters. The fourth-order valence-corrected chi connectivity index (χ4v) is 2.39. The number of rotatable bonds is 3. The van der Waals surface area contributed by atoms with E-state index in [4.69, 9.17) is 26.8 Å². The van der Waals surface area contributed by atoms with E-state index in [2.05, 4.69) is 5.10 Å². The standard InChI is InChI=1S/C13H16ClN3O2/c1-7-12(18-3)8(5-9(14)13(7)19-4)10-6-11(15)17(2)16-10/h5-6H,15H2,1-4H3. The van der Waals surface area contributed by atoms with Crippen LogP contribution in [0.25, 0.3) is 11.3 Å². The molecule has 6 heteroatoms. The SMILES string of the molecule is COc1c(Cl)cc(-c2cc(N)n(C)n2)c(OC)c1C. The molecule has 1 aromatic carbocycles. The molecule has 2 rings (SSSR count). The van der Waals surface area contributed by atoms with E-state index in [1.54, 1.807) is 38.1 Å². The van der Waals surface area contributed by atoms with Crippen molar-refractivity contribution in [2.75, 3.05) is 20.0 Å². The number of benzene rings is 1. The highest BCUT2D eigenvalue weighted by Crippen LogP contribution is 2.42. The Balaban J connectivity index is 2.69. The van der Waals surface area contributed by atoms with Gasteiger partial charge in [0.05, 0.1) is 24.9 Å². The molecule has 19 heavy (non-hydrogen) atoms. The number of nitrogen functional groups attached to an aromatic ring is 1. The van der Waals surface area contributed by atoms with Gasteiger partial charge >= 0.3 is 0 Å². The number of halogens is 1. The number of hydrogen-bond donors (Lipinski definition) is 1. The van der Waals surface area contributed by atoms with Gasteiger partial charge in [-0.05, 0) is 13.0 Å². The van der Waals surface area contributed by atoms with Crippen LogP contribution in [0.1, 0.15) is 5.56 Å². The lowest BCUT2D eigenvalue weighted by Gasteiger charge is -2.14. The van der Waals surface area contributed by atoms with Crippen molar-refractivity contribution in [2.24, 2.45) is 7.05 Å². The quantitative estimate of drug-likeness (QED) is 0.939. The van der Waals surface area contributed by atoms with Crippen molar-refractivity contribution in [3.63, 3.8) is 0 Å². The van der Waals surface area contributed by atoms with E-state index in [1.165, 1.54) is 0 Å². The molecule has 0 aliphatic rings. The van der Waals surface area contributed by atoms with Gasteiger partial charge in [-0.3, -0.25) is 4.68 Å². The third-order valence-corrected chi connectivity index (χ3v) is 3.29. The Morgan fingerprint density at radius 2 is 1.84 bits per heavy atom. The molecular weight excluding hydrogens is 266 g/mol. The second-order valence-electron chi connectivity index (χ2n) is 4.18. The number of ether oxygens (including phenoxy) is 2. The summed E-state index contributed by atoms with van der Waals surface area (Å²) in [7, 11) is 4.96. The van der Waals surface area contributed by atoms with E-state index >= 15 is 0 Å². The third-order valence-electron chi connectivity index (χ3n) is 3.01. The van der Waals surface area contributed by atoms with Gasteiger partial charge in [0.2, 0.25) is 0 Å². The molecule has 0 unspecified atom stereocenters. The average molecular weight is 282 g/mol. The first kappa shape index (κ1) is 13.5. The highest BCUT2D eigenvalue weighted by molar-refractivity contribution is 6.32. The molecule has 102 valence electrons. The van der Waals surface area contributed by atoms with E-state index in [0.29, 0.717) is 28.0 Å². The maximum Gasteiger partial charge on any atom is 0.144 e. The average Bonchev–Trinajstić information content (AvgIpc) is 2.69. The zero-order valence-corrected chi connectivity index (χ0v) is 12.1. The van der Waals surface area contributed by atoms with Crippen LogP contribution in [0.2, 0.25) is 5.02 Å². The summed E-state index contributed by atoms with van der Waals surface area (Å²) in [6, 6.07) is 3.55. The normalized spacial score (nSPS) is 10.6. The van der Waals surface area contributed by atoms with Gasteiger partial charge < -0.3 is 15.2 Å². The number of anilines is 1. The molecule has 1 aromatic heterocycles. The number of nitrogens with zero attached hydrogens (tertiary/aromatic N) is 2. The Hall–Kier alpha value is -1.88. The largest absolute Gasteiger partial charge is 0.496 e. The van der Waals surface area contributed by atoms with Crippen molar-refractivity contribution in [2.45, 2.75) is 6.92 Å². The third kappa shape index (κ3) is 2.21. The van der Waals surface area contributed by atoms with Crippen molar-refractivity contribution in [3.05, 3.63) is 22.7 Å². The summed E-state index contributed by atoms with van der Waals surface area (Å²) >= 11 is 6.21. The van der Waals surface area contributed by atoms with E-state index < -0.39 is 0 Å². The minimum Gasteiger partial charge on any atom is -0.496 e. The highest BCUT2D eigenvalue weighted by atomic mass is 35.5. The van der Waals surface area contributed by atoms with Gasteiger partial charge in [-0.25, -0.2) is 0 Å². The Bertz CT molecular complexity index is 603. The fourth-order valence-electron chi connectivity index (χ4n) is 2.06. The summed E-state index contributed by atoms with van der Waals surface area (Å²) < 4.78 is 12.3. The zero-order chi connectivity index (χ0) is 14.2. The smallest absolute Gasteiger partial charge is 0.144 e. The van der Waals surface area contributed by atoms with Crippen LogP contribution in [-0.4, -0.2) is 24.0 Å². The van der Waals surface area contributed by atoms with E-state index in [9.17, 15) is 0 Å². The molecule has 0 aliphatic carbocycles. The maximum atomic E-state index is 6.21. The van der Waals surface area contributed by atoms with Gasteiger partial charge in [0, 0.05) is 24.2 Å². The van der Waals surface area contributed by atoms with Crippen molar-refractivity contribution in [3.8, 4) is 22.8 Å². The molecular formula is C13H16ClN3O2. The van der Waals surface area contributed by atoms with Crippen LogP contribution in [0.5, 0.6) is 11.5 Å². The van der Waals surface area contributed by atoms with Crippen LogP contribution in [-0.2, 0) is 7.05 Å². The Labute approximate surface area is 116 Å². The van der Waals surface area contributed by atoms with Crippen LogP contribution < -0.4 is 15.2 Å². The predicted octanol–water partition coefficient (Wildman–Crippen LogP) is 2.65. The van der Waals surface area contributed by atoms with Crippen LogP contribution in [0.4, 0.5) is 5.82 Å². The Kier molecular flexibility index (Phi) is 3.57. The van der Waals surface area contributed by atoms with Gasteiger partial charge in [0.1, 0.15) is 17.3 Å². The van der Waals surface area contributed by atoms with Crippen molar-refractivity contribution >= 4 is 17.4 Å². The van der Waals surface area contributed by atoms with Crippen LogP contribution in [0.3, 0.4) is 0 Å². The minimum absolute atomic E-state index is 0.514. The summed E-state index contributed by atoms with van der Waals surface area (Å²) in [5.74, 6) is 1.85. The summed E-state index contributed by atoms with van der Waals surface area (Å²) in [6.45, 7) is 1.89.